The van der Waals surface area contributed by atoms with Gasteiger partial charge < -0.3 is 14.5 Å². The summed E-state index contributed by atoms with van der Waals surface area (Å²) < 4.78 is 7.20. The molecule has 2 aromatic carbocycles. The molecular weight excluding hydrogens is 440 g/mol. The molecule has 4 rings (SSSR count). The lowest BCUT2D eigenvalue weighted by Crippen LogP contribution is -2.50. The summed E-state index contributed by atoms with van der Waals surface area (Å²) in [6.07, 6.45) is 3.48. The maximum atomic E-state index is 12.8. The number of methoxy groups -OCH3 is 1. The Morgan fingerprint density at radius 2 is 1.66 bits per heavy atom. The van der Waals surface area contributed by atoms with Crippen LogP contribution < -0.4 is 4.74 Å². The number of benzene rings is 2. The number of rotatable bonds is 6. The van der Waals surface area contributed by atoms with E-state index in [0.717, 1.165) is 17.0 Å². The highest BCUT2D eigenvalue weighted by molar-refractivity contribution is 5.95. The van der Waals surface area contributed by atoms with Crippen LogP contribution in [0.1, 0.15) is 38.4 Å². The van der Waals surface area contributed by atoms with Crippen LogP contribution in [0.2, 0.25) is 0 Å². The van der Waals surface area contributed by atoms with Crippen molar-refractivity contribution in [3.63, 3.8) is 0 Å². The average Bonchev–Trinajstić information content (AvgIpc) is 3.15. The number of hydrogen-bond donors (Lipinski definition) is 0. The second-order valence-electron chi connectivity index (χ2n) is 8.91. The Morgan fingerprint density at radius 1 is 0.971 bits per heavy atom. The van der Waals surface area contributed by atoms with Crippen molar-refractivity contribution in [3.8, 4) is 5.75 Å². The van der Waals surface area contributed by atoms with Crippen molar-refractivity contribution in [3.05, 3.63) is 88.2 Å². The quantitative estimate of drug-likeness (QED) is 0.511. The van der Waals surface area contributed by atoms with Crippen molar-refractivity contribution in [2.45, 2.75) is 27.3 Å². The molecule has 1 aromatic heterocycles. The van der Waals surface area contributed by atoms with E-state index in [9.17, 15) is 9.59 Å². The van der Waals surface area contributed by atoms with E-state index in [1.54, 1.807) is 35.1 Å². The van der Waals surface area contributed by atoms with Gasteiger partial charge in [-0.1, -0.05) is 35.9 Å². The molecule has 0 radical (unpaired) electrons. The van der Waals surface area contributed by atoms with E-state index in [0.29, 0.717) is 44.0 Å². The van der Waals surface area contributed by atoms with Gasteiger partial charge in [0.15, 0.2) is 0 Å². The van der Waals surface area contributed by atoms with Gasteiger partial charge in [-0.05, 0) is 50.6 Å². The maximum absolute atomic E-state index is 12.8. The number of aryl methyl sites for hydroxylation is 2. The number of amides is 2. The molecule has 7 nitrogen and oxygen atoms in total. The molecule has 35 heavy (non-hydrogen) atoms. The molecule has 182 valence electrons. The molecular formula is C28H32N4O3. The molecule has 1 fully saturated rings. The molecule has 0 unspecified atom stereocenters. The van der Waals surface area contributed by atoms with Crippen molar-refractivity contribution < 1.29 is 14.3 Å². The van der Waals surface area contributed by atoms with Crippen molar-refractivity contribution >= 4 is 17.9 Å². The highest BCUT2D eigenvalue weighted by atomic mass is 16.5. The summed E-state index contributed by atoms with van der Waals surface area (Å²) in [5.41, 5.74) is 5.91. The summed E-state index contributed by atoms with van der Waals surface area (Å²) >= 11 is 0. The van der Waals surface area contributed by atoms with Crippen molar-refractivity contribution in [2.75, 3.05) is 33.3 Å². The second kappa shape index (κ2) is 10.6. The number of hydrogen-bond acceptors (Lipinski definition) is 4. The highest BCUT2D eigenvalue weighted by Gasteiger charge is 2.24. The Labute approximate surface area is 206 Å². The molecule has 1 aliphatic heterocycles. The molecule has 2 heterocycles. The van der Waals surface area contributed by atoms with Crippen molar-refractivity contribution in [1.29, 1.82) is 0 Å². The summed E-state index contributed by atoms with van der Waals surface area (Å²) in [5, 5.41) is 4.68. The first-order valence-electron chi connectivity index (χ1n) is 11.9. The van der Waals surface area contributed by atoms with Gasteiger partial charge in [-0.3, -0.25) is 14.3 Å². The Bertz CT molecular complexity index is 1240. The Kier molecular flexibility index (Phi) is 7.34. The Morgan fingerprint density at radius 3 is 2.34 bits per heavy atom. The van der Waals surface area contributed by atoms with E-state index in [-0.39, 0.29) is 11.8 Å². The number of piperazine rings is 1. The molecule has 7 heteroatoms. The van der Waals surface area contributed by atoms with Crippen LogP contribution in [0.4, 0.5) is 0 Å². The minimum absolute atomic E-state index is 0.0428. The predicted octanol–water partition coefficient (Wildman–Crippen LogP) is 3.86. The van der Waals surface area contributed by atoms with Crippen LogP contribution in [0.25, 0.3) is 6.08 Å². The third kappa shape index (κ3) is 5.62. The van der Waals surface area contributed by atoms with Crippen LogP contribution in [-0.2, 0) is 11.3 Å². The molecule has 0 saturated carbocycles. The van der Waals surface area contributed by atoms with Crippen molar-refractivity contribution in [1.82, 2.24) is 19.6 Å². The van der Waals surface area contributed by atoms with Crippen LogP contribution in [-0.4, -0.2) is 64.7 Å². The number of aromatic nitrogens is 2. The smallest absolute Gasteiger partial charge is 0.254 e. The maximum Gasteiger partial charge on any atom is 0.254 e. The van der Waals surface area contributed by atoms with Crippen molar-refractivity contribution in [2.24, 2.45) is 0 Å². The fourth-order valence-corrected chi connectivity index (χ4v) is 4.30. The summed E-state index contributed by atoms with van der Waals surface area (Å²) in [6.45, 7) is 8.77. The highest BCUT2D eigenvalue weighted by Crippen LogP contribution is 2.18. The lowest BCUT2D eigenvalue weighted by molar-refractivity contribution is -0.127. The largest absolute Gasteiger partial charge is 0.497 e. The summed E-state index contributed by atoms with van der Waals surface area (Å²) in [7, 11) is 1.58. The minimum Gasteiger partial charge on any atom is -0.497 e. The minimum atomic E-state index is -0.0523. The monoisotopic (exact) mass is 472 g/mol. The van der Waals surface area contributed by atoms with Gasteiger partial charge in [0, 0.05) is 49.1 Å². The predicted molar refractivity (Wildman–Crippen MR) is 136 cm³/mol. The molecule has 0 spiro atoms. The number of carbonyl (C=O) groups excluding carboxylic acids is 2. The molecule has 1 aliphatic rings. The average molecular weight is 473 g/mol. The van der Waals surface area contributed by atoms with E-state index >= 15 is 0 Å². The van der Waals surface area contributed by atoms with Gasteiger partial charge in [0.1, 0.15) is 5.75 Å². The summed E-state index contributed by atoms with van der Waals surface area (Å²) in [4.78, 5) is 29.2. The molecule has 2 amide bonds. The SMILES string of the molecule is COc1cccc(C(=O)N2CCN(C(=O)/C=C/c3c(C)nn(Cc4ccc(C)cc4)c3C)CC2)c1. The zero-order valence-corrected chi connectivity index (χ0v) is 20.8. The lowest BCUT2D eigenvalue weighted by atomic mass is 10.1. The zero-order chi connectivity index (χ0) is 24.9. The molecule has 0 bridgehead atoms. The van der Waals surface area contributed by atoms with Crippen LogP contribution in [0, 0.1) is 20.8 Å². The molecule has 0 N–H and O–H groups in total. The van der Waals surface area contributed by atoms with Crippen LogP contribution in [0.5, 0.6) is 5.75 Å². The topological polar surface area (TPSA) is 67.7 Å². The van der Waals surface area contributed by atoms with E-state index in [1.807, 2.05) is 36.7 Å². The van der Waals surface area contributed by atoms with Gasteiger partial charge in [0.25, 0.3) is 5.91 Å². The first kappa shape index (κ1) is 24.3. The summed E-state index contributed by atoms with van der Waals surface area (Å²) in [6, 6.07) is 15.6. The van der Waals surface area contributed by atoms with Gasteiger partial charge >= 0.3 is 0 Å². The third-order valence-electron chi connectivity index (χ3n) is 6.48. The van der Waals surface area contributed by atoms with Crippen LogP contribution in [0.15, 0.2) is 54.6 Å². The molecule has 0 aliphatic carbocycles. The van der Waals surface area contributed by atoms with Crippen LogP contribution in [0.3, 0.4) is 0 Å². The van der Waals surface area contributed by atoms with Gasteiger partial charge in [0.05, 0.1) is 19.3 Å². The lowest BCUT2D eigenvalue weighted by Gasteiger charge is -2.34. The Balaban J connectivity index is 1.36. The number of nitrogens with zero attached hydrogens (tertiary/aromatic N) is 4. The van der Waals surface area contributed by atoms with E-state index in [2.05, 4.69) is 36.3 Å². The van der Waals surface area contributed by atoms with Gasteiger partial charge in [-0.15, -0.1) is 0 Å². The second-order valence-corrected chi connectivity index (χ2v) is 8.91. The first-order chi connectivity index (χ1) is 16.9. The van der Waals surface area contributed by atoms with Gasteiger partial charge in [-0.2, -0.15) is 5.10 Å². The molecule has 0 atom stereocenters. The zero-order valence-electron chi connectivity index (χ0n) is 20.8. The van der Waals surface area contributed by atoms with E-state index in [1.165, 1.54) is 11.1 Å². The molecule has 1 saturated heterocycles. The fourth-order valence-electron chi connectivity index (χ4n) is 4.30. The van der Waals surface area contributed by atoms with E-state index < -0.39 is 0 Å². The fraction of sp³-hybridized carbons (Fsp3) is 0.321. The number of carbonyl (C=O) groups is 2. The number of ether oxygens (including phenoxy) is 1. The Hall–Kier alpha value is -3.87. The van der Waals surface area contributed by atoms with Gasteiger partial charge in [0.2, 0.25) is 5.91 Å². The van der Waals surface area contributed by atoms with E-state index in [4.69, 9.17) is 4.74 Å². The third-order valence-corrected chi connectivity index (χ3v) is 6.48. The molecule has 3 aromatic rings. The standard InChI is InChI=1S/C28H32N4O3/c1-20-8-10-23(11-9-20)19-32-22(3)26(21(2)29-32)12-13-27(33)30-14-16-31(17-15-30)28(34)24-6-5-7-25(18-24)35-4/h5-13,18H,14-17,19H2,1-4H3/b13-12+. The normalized spacial score (nSPS) is 13.9. The van der Waals surface area contributed by atoms with Crippen LogP contribution >= 0.6 is 0 Å². The summed E-state index contributed by atoms with van der Waals surface area (Å²) in [5.74, 6) is 0.560. The first-order valence-corrected chi connectivity index (χ1v) is 11.9. The van der Waals surface area contributed by atoms with Gasteiger partial charge in [-0.25, -0.2) is 0 Å².